The summed E-state index contributed by atoms with van der Waals surface area (Å²) in [5, 5.41) is 13.9. The van der Waals surface area contributed by atoms with E-state index < -0.39 is 11.8 Å². The highest BCUT2D eigenvalue weighted by Gasteiger charge is 2.45. The fraction of sp³-hybridized carbons (Fsp3) is 0.667. The summed E-state index contributed by atoms with van der Waals surface area (Å²) in [6, 6.07) is 28.7. The van der Waals surface area contributed by atoms with Crippen molar-refractivity contribution in [1.82, 2.24) is 19.6 Å². The van der Waals surface area contributed by atoms with E-state index >= 15 is 0 Å². The first-order valence-corrected chi connectivity index (χ1v) is 27.2. The van der Waals surface area contributed by atoms with Gasteiger partial charge in [0.1, 0.15) is 0 Å². The largest absolute Gasteiger partial charge is 0.483 e. The van der Waals surface area contributed by atoms with Gasteiger partial charge in [0.2, 0.25) is 0 Å². The summed E-state index contributed by atoms with van der Waals surface area (Å²) in [7, 11) is 5.13. The number of hydrogen-bond donors (Lipinski definition) is 2. The van der Waals surface area contributed by atoms with Gasteiger partial charge in [0.25, 0.3) is 12.4 Å². The van der Waals surface area contributed by atoms with Gasteiger partial charge in [0.05, 0.1) is 0 Å². The van der Waals surface area contributed by atoms with Crippen LogP contribution in [-0.2, 0) is 15.5 Å². The van der Waals surface area contributed by atoms with E-state index in [1.54, 1.807) is 24.6 Å². The van der Waals surface area contributed by atoms with Crippen LogP contribution in [0.3, 0.4) is 0 Å². The molecular formula is C60H102F2N4O4. The van der Waals surface area contributed by atoms with Crippen LogP contribution in [0.5, 0.6) is 0 Å². The lowest BCUT2D eigenvalue weighted by molar-refractivity contribution is -0.162. The predicted octanol–water partition coefficient (Wildman–Crippen LogP) is 14.3. The Hall–Kier alpha value is -3.70. The molecule has 0 spiro atoms. The third-order valence-electron chi connectivity index (χ3n) is 14.6. The minimum atomic E-state index is -3.48. The third-order valence-corrected chi connectivity index (χ3v) is 14.6. The second-order valence-electron chi connectivity index (χ2n) is 19.3. The number of halogens is 2. The van der Waals surface area contributed by atoms with Crippen molar-refractivity contribution in [2.45, 2.75) is 188 Å². The fourth-order valence-electron chi connectivity index (χ4n) is 9.10. The Morgan fingerprint density at radius 2 is 1.17 bits per heavy atom. The standard InChI is InChI=1S/C20H30F2N2O.C18H27N.C10H14.C5H13N.C5H12.CH2O2.CH4O/c1-5-15(3)16-7-9-17(10-8-16)20(21,22)19(25)24(6-2)18-11-13-23(4)14-12-18;1-15(16-8-4-2-5-9-16)19-13-12-18(14-19)17-10-6-3-7-11-17;1-3-9(2)10-7-5-4-6-8-10;1-4-6(3)5-2;1-3-5-4-2;2-1-3;1-2/h7-10,15,18H,5-6,11-14H2,1-4H3;3,6-7,10-11,15-16,18H,2,4-5,8-9,12-14H2,1H3;4-9H,3H2,1-2H3;4-5H2,1-3H3;3-5H2,1-2H3;1H,(H,2,3);2H,1H3. The summed E-state index contributed by atoms with van der Waals surface area (Å²) >= 11 is 0. The second kappa shape index (κ2) is 39.9. The van der Waals surface area contributed by atoms with Crippen LogP contribution in [0.4, 0.5) is 8.78 Å². The Labute approximate surface area is 427 Å². The molecule has 3 aliphatic rings. The highest BCUT2D eigenvalue weighted by molar-refractivity contribution is 5.85. The molecule has 8 nitrogen and oxygen atoms in total. The Balaban J connectivity index is 0.000000925. The van der Waals surface area contributed by atoms with Crippen molar-refractivity contribution in [3.05, 3.63) is 107 Å². The monoisotopic (exact) mass is 981 g/mol. The van der Waals surface area contributed by atoms with Crippen LogP contribution >= 0.6 is 0 Å². The van der Waals surface area contributed by atoms with Crippen LogP contribution in [0.15, 0.2) is 84.9 Å². The molecule has 3 fully saturated rings. The van der Waals surface area contributed by atoms with Crippen molar-refractivity contribution < 1.29 is 28.6 Å². The molecular weight excluding hydrogens is 879 g/mol. The highest BCUT2D eigenvalue weighted by Crippen LogP contribution is 2.35. The van der Waals surface area contributed by atoms with Crippen LogP contribution in [0, 0.1) is 5.92 Å². The van der Waals surface area contributed by atoms with Crippen molar-refractivity contribution in [2.75, 3.05) is 67.0 Å². The molecule has 2 heterocycles. The van der Waals surface area contributed by atoms with Gasteiger partial charge in [-0.2, -0.15) is 8.78 Å². The lowest BCUT2D eigenvalue weighted by Gasteiger charge is -2.38. The molecule has 0 bridgehead atoms. The van der Waals surface area contributed by atoms with Crippen molar-refractivity contribution in [2.24, 2.45) is 5.92 Å². The smallest absolute Gasteiger partial charge is 0.349 e. The number of alkyl halides is 2. The Morgan fingerprint density at radius 3 is 1.59 bits per heavy atom. The maximum atomic E-state index is 14.8. The number of aliphatic hydroxyl groups excluding tert-OH is 1. The van der Waals surface area contributed by atoms with Gasteiger partial charge in [-0.1, -0.05) is 179 Å². The molecule has 400 valence electrons. The molecule has 6 rings (SSSR count). The van der Waals surface area contributed by atoms with Crippen LogP contribution < -0.4 is 0 Å². The number of carbonyl (C=O) groups excluding carboxylic acids is 1. The fourth-order valence-corrected chi connectivity index (χ4v) is 9.10. The van der Waals surface area contributed by atoms with E-state index in [0.29, 0.717) is 18.4 Å². The third kappa shape index (κ3) is 25.1. The summed E-state index contributed by atoms with van der Waals surface area (Å²) in [6.07, 6.45) is 16.4. The summed E-state index contributed by atoms with van der Waals surface area (Å²) in [6.45, 7) is 28.2. The number of piperidine rings is 1. The highest BCUT2D eigenvalue weighted by atomic mass is 19.3. The zero-order valence-corrected chi connectivity index (χ0v) is 46.5. The van der Waals surface area contributed by atoms with E-state index in [4.69, 9.17) is 15.0 Å². The molecule has 4 unspecified atom stereocenters. The lowest BCUT2D eigenvalue weighted by atomic mass is 9.84. The molecule has 4 atom stereocenters. The first kappa shape index (κ1) is 66.3. The van der Waals surface area contributed by atoms with Gasteiger partial charge in [-0.05, 0) is 146 Å². The summed E-state index contributed by atoms with van der Waals surface area (Å²) in [5.74, 6) is -1.78. The summed E-state index contributed by atoms with van der Waals surface area (Å²) in [4.78, 5) is 29.5. The van der Waals surface area contributed by atoms with Gasteiger partial charge >= 0.3 is 5.92 Å². The molecule has 2 saturated heterocycles. The molecule has 70 heavy (non-hydrogen) atoms. The predicted molar refractivity (Wildman–Crippen MR) is 294 cm³/mol. The molecule has 0 aromatic heterocycles. The Kier molecular flexibility index (Phi) is 37.8. The van der Waals surface area contributed by atoms with Crippen molar-refractivity contribution >= 4 is 12.4 Å². The number of unbranched alkanes of at least 4 members (excludes halogenated alkanes) is 2. The molecule has 1 saturated carbocycles. The molecule has 10 heteroatoms. The first-order chi connectivity index (χ1) is 33.6. The average molecular weight is 981 g/mol. The van der Waals surface area contributed by atoms with Gasteiger partial charge in [-0.15, -0.1) is 0 Å². The SMILES string of the molecule is CC(C1CCCCC1)N1CCC(c2ccccc2)C1.CCC(C)c1ccc(C(F)(F)C(=O)N(CC)C2CCN(C)CC2)cc1.CCC(C)c1ccccc1.CCCCC.CCN(C)CC.CO.O=CO. The number of amides is 1. The minimum Gasteiger partial charge on any atom is -0.483 e. The van der Waals surface area contributed by atoms with Gasteiger partial charge in [0.15, 0.2) is 0 Å². The van der Waals surface area contributed by atoms with Crippen LogP contribution in [-0.4, -0.2) is 121 Å². The number of aliphatic hydroxyl groups is 1. The van der Waals surface area contributed by atoms with Gasteiger partial charge < -0.3 is 24.9 Å². The maximum Gasteiger partial charge on any atom is 0.349 e. The van der Waals surface area contributed by atoms with Gasteiger partial charge in [-0.25, -0.2) is 0 Å². The van der Waals surface area contributed by atoms with Crippen molar-refractivity contribution in [3.63, 3.8) is 0 Å². The normalized spacial score (nSPS) is 17.5. The van der Waals surface area contributed by atoms with Gasteiger partial charge in [0, 0.05) is 37.8 Å². The number of nitrogens with zero attached hydrogens (tertiary/aromatic N) is 4. The lowest BCUT2D eigenvalue weighted by Crippen LogP contribution is -2.51. The van der Waals surface area contributed by atoms with E-state index in [2.05, 4.69) is 145 Å². The molecule has 0 radical (unpaired) electrons. The number of rotatable bonds is 15. The Morgan fingerprint density at radius 1 is 0.700 bits per heavy atom. The zero-order chi connectivity index (χ0) is 52.9. The van der Waals surface area contributed by atoms with Gasteiger partial charge in [-0.3, -0.25) is 14.5 Å². The number of likely N-dealkylation sites (tertiary alicyclic amines) is 2. The van der Waals surface area contributed by atoms with Crippen molar-refractivity contribution in [3.8, 4) is 0 Å². The summed E-state index contributed by atoms with van der Waals surface area (Å²) < 4.78 is 29.7. The van der Waals surface area contributed by atoms with Crippen LogP contribution in [0.25, 0.3) is 0 Å². The van der Waals surface area contributed by atoms with E-state index in [0.717, 1.165) is 76.0 Å². The quantitative estimate of drug-likeness (QED) is 0.147. The number of carbonyl (C=O) groups is 2. The number of benzene rings is 3. The van der Waals surface area contributed by atoms with Crippen LogP contribution in [0.1, 0.15) is 193 Å². The molecule has 2 aliphatic heterocycles. The molecule has 2 N–H and O–H groups in total. The number of carboxylic acid groups (broad SMARTS) is 1. The first-order valence-electron chi connectivity index (χ1n) is 27.2. The molecule has 3 aromatic rings. The summed E-state index contributed by atoms with van der Waals surface area (Å²) in [5.41, 5.74) is 3.80. The maximum absolute atomic E-state index is 14.8. The molecule has 1 amide bonds. The van der Waals surface area contributed by atoms with E-state index in [9.17, 15) is 13.6 Å². The molecule has 3 aromatic carbocycles. The second-order valence-corrected chi connectivity index (χ2v) is 19.3. The zero-order valence-electron chi connectivity index (χ0n) is 46.5. The average Bonchev–Trinajstić information content (AvgIpc) is 3.92. The van der Waals surface area contributed by atoms with Crippen LogP contribution in [0.2, 0.25) is 0 Å². The van der Waals surface area contributed by atoms with E-state index in [1.807, 2.05) is 7.05 Å². The Bertz CT molecular complexity index is 1660. The molecule has 1 aliphatic carbocycles. The number of hydrogen-bond acceptors (Lipinski definition) is 6. The number of likely N-dealkylation sites (N-methyl/N-ethyl adjacent to an activating group) is 1. The topological polar surface area (TPSA) is 87.6 Å². The van der Waals surface area contributed by atoms with Crippen molar-refractivity contribution in [1.29, 1.82) is 0 Å². The van der Waals surface area contributed by atoms with E-state index in [1.165, 1.54) is 99.9 Å². The van der Waals surface area contributed by atoms with E-state index in [-0.39, 0.29) is 18.1 Å². The minimum absolute atomic E-state index is 0.0982.